The minimum atomic E-state index is -4.19. The summed E-state index contributed by atoms with van der Waals surface area (Å²) in [4.78, 5) is 43.4. The molecule has 0 aliphatic carbocycles. The molecule has 2 rings (SSSR count). The predicted octanol–water partition coefficient (Wildman–Crippen LogP) is 10.9. The molecule has 2 aromatic carbocycles. The molecule has 55 heavy (non-hydrogen) atoms. The zero-order chi connectivity index (χ0) is 43.3. The number of benzene rings is 2. The van der Waals surface area contributed by atoms with Gasteiger partial charge in [0.05, 0.1) is 11.7 Å². The number of methoxy groups -OCH3 is 2. The van der Waals surface area contributed by atoms with Crippen molar-refractivity contribution in [2.75, 3.05) is 37.2 Å². The fraction of sp³-hybridized carbons (Fsp3) is 0.514. The fourth-order valence-electron chi connectivity index (χ4n) is 3.21. The molecule has 0 N–H and O–H groups in total. The van der Waals surface area contributed by atoms with Crippen molar-refractivity contribution in [1.29, 1.82) is 0 Å². The van der Waals surface area contributed by atoms with Crippen molar-refractivity contribution in [1.82, 2.24) is 0 Å². The molecule has 1 atom stereocenters. The highest BCUT2D eigenvalue weighted by Gasteiger charge is 2.41. The van der Waals surface area contributed by atoms with Gasteiger partial charge in [-0.3, -0.25) is 19.2 Å². The maximum atomic E-state index is 12.7. The largest absolute Gasteiger partial charge is 0.409 e. The number of ether oxygens (including phenoxy) is 2. The van der Waals surface area contributed by atoms with Crippen molar-refractivity contribution in [3.63, 3.8) is 0 Å². The van der Waals surface area contributed by atoms with Crippen LogP contribution in [0.3, 0.4) is 0 Å². The quantitative estimate of drug-likeness (QED) is 0.0446. The molecule has 6 nitrogen and oxygen atoms in total. The van der Waals surface area contributed by atoms with Gasteiger partial charge in [-0.05, 0) is 33.4 Å². The van der Waals surface area contributed by atoms with Crippen LogP contribution in [-0.2, 0) is 29.6 Å². The molecular formula is C37H49F9O6S3. The van der Waals surface area contributed by atoms with Crippen molar-refractivity contribution < 1.29 is 68.2 Å². The van der Waals surface area contributed by atoms with E-state index in [1.165, 1.54) is 39.8 Å². The molecule has 0 aliphatic heterocycles. The summed E-state index contributed by atoms with van der Waals surface area (Å²) in [6, 6.07) is 18.2. The number of alkyl halides is 9. The summed E-state index contributed by atoms with van der Waals surface area (Å²) in [5.41, 5.74) is 1.23. The highest BCUT2D eigenvalue weighted by atomic mass is 32.2. The molecule has 1 unspecified atom stereocenters. The molecule has 0 saturated heterocycles. The number of hydrogen-bond acceptors (Lipinski definition) is 9. The minimum Gasteiger partial charge on any atom is -0.343 e. The molecule has 0 fully saturated rings. The number of thiol groups is 1. The van der Waals surface area contributed by atoms with Crippen LogP contribution in [0.4, 0.5) is 39.5 Å². The second-order valence-electron chi connectivity index (χ2n) is 10.9. The maximum absolute atomic E-state index is 12.7. The third kappa shape index (κ3) is 32.0. The van der Waals surface area contributed by atoms with Gasteiger partial charge in [-0.2, -0.15) is 63.9 Å². The van der Waals surface area contributed by atoms with Crippen molar-refractivity contribution in [3.8, 4) is 0 Å². The number of halogens is 9. The lowest BCUT2D eigenvalue weighted by atomic mass is 9.96. The molecule has 0 spiro atoms. The first kappa shape index (κ1) is 56.5. The molecule has 0 aromatic heterocycles. The zero-order valence-electron chi connectivity index (χ0n) is 31.4. The summed E-state index contributed by atoms with van der Waals surface area (Å²) in [5.74, 6) is 0.0107. The number of allylic oxidation sites excluding steroid dienone is 1. The molecule has 2 aromatic rings. The van der Waals surface area contributed by atoms with E-state index in [2.05, 4.69) is 19.2 Å². The Labute approximate surface area is 331 Å². The smallest absolute Gasteiger partial charge is 0.343 e. The predicted molar refractivity (Wildman–Crippen MR) is 205 cm³/mol. The number of carbonyl (C=O) groups excluding carboxylic acids is 4. The lowest BCUT2D eigenvalue weighted by molar-refractivity contribution is -0.176. The zero-order valence-corrected chi connectivity index (χ0v) is 33.9. The van der Waals surface area contributed by atoms with Crippen LogP contribution >= 0.6 is 36.2 Å². The first-order valence-corrected chi connectivity index (χ1v) is 19.0. The summed E-state index contributed by atoms with van der Waals surface area (Å²) >= 11 is 5.77. The van der Waals surface area contributed by atoms with E-state index in [-0.39, 0.29) is 47.1 Å². The molecule has 0 amide bonds. The molecule has 0 heterocycles. The van der Waals surface area contributed by atoms with Crippen molar-refractivity contribution in [3.05, 3.63) is 84.4 Å². The Morgan fingerprint density at radius 2 is 1.15 bits per heavy atom. The van der Waals surface area contributed by atoms with Crippen LogP contribution in [0.25, 0.3) is 0 Å². The number of ketones is 4. The van der Waals surface area contributed by atoms with E-state index in [1.54, 1.807) is 19.1 Å². The SMILES string of the molecule is C=CC(F)(F)F.CC(=O)CCS.CC(=O)CCSC(C)C(F)(F)F.CC(=O)CCSCCC(F)(F)F.COC(OC)(C(=O)c1ccccc1)c1ccccc1. The van der Waals surface area contributed by atoms with Gasteiger partial charge in [0.1, 0.15) is 17.3 Å². The summed E-state index contributed by atoms with van der Waals surface area (Å²) in [6.45, 7) is 7.98. The van der Waals surface area contributed by atoms with E-state index in [9.17, 15) is 58.7 Å². The molecule has 0 radical (unpaired) electrons. The Kier molecular flexibility index (Phi) is 31.2. The Balaban J connectivity index is -0.000000661. The number of carbonyl (C=O) groups is 4. The van der Waals surface area contributed by atoms with E-state index < -0.39 is 36.0 Å². The number of rotatable bonds is 16. The van der Waals surface area contributed by atoms with E-state index in [1.807, 2.05) is 48.5 Å². The first-order chi connectivity index (χ1) is 25.3. The lowest BCUT2D eigenvalue weighted by Gasteiger charge is -2.29. The highest BCUT2D eigenvalue weighted by Crippen LogP contribution is 2.31. The number of thioether (sulfide) groups is 2. The Morgan fingerprint density at radius 1 is 0.727 bits per heavy atom. The van der Waals surface area contributed by atoms with Gasteiger partial charge in [0.25, 0.3) is 5.79 Å². The lowest BCUT2D eigenvalue weighted by Crippen LogP contribution is -2.39. The van der Waals surface area contributed by atoms with E-state index in [0.29, 0.717) is 35.5 Å². The molecule has 314 valence electrons. The van der Waals surface area contributed by atoms with Gasteiger partial charge >= 0.3 is 18.5 Å². The van der Waals surface area contributed by atoms with Gasteiger partial charge in [0.2, 0.25) is 5.78 Å². The monoisotopic (exact) mass is 856 g/mol. The third-order valence-corrected chi connectivity index (χ3v) is 8.59. The minimum absolute atomic E-state index is 0.0227. The third-order valence-electron chi connectivity index (χ3n) is 6.17. The molecule has 0 bridgehead atoms. The summed E-state index contributed by atoms with van der Waals surface area (Å²) in [6.07, 6.45) is -12.1. The van der Waals surface area contributed by atoms with Crippen LogP contribution in [-0.4, -0.2) is 84.1 Å². The molecule has 18 heteroatoms. The van der Waals surface area contributed by atoms with Gasteiger partial charge in [0.15, 0.2) is 0 Å². The first-order valence-electron chi connectivity index (χ1n) is 16.2. The molecular weight excluding hydrogens is 808 g/mol. The highest BCUT2D eigenvalue weighted by molar-refractivity contribution is 8.00. The van der Waals surface area contributed by atoms with Crippen molar-refractivity contribution in [2.45, 2.75) is 82.9 Å². The number of hydrogen-bond donors (Lipinski definition) is 1. The second kappa shape index (κ2) is 30.4. The van der Waals surface area contributed by atoms with Crippen LogP contribution < -0.4 is 0 Å². The summed E-state index contributed by atoms with van der Waals surface area (Å²) in [7, 11) is 2.94. The Hall–Kier alpha value is -2.80. The normalized spacial score (nSPS) is 11.7. The van der Waals surface area contributed by atoms with Crippen LogP contribution in [0, 0.1) is 0 Å². The van der Waals surface area contributed by atoms with Crippen LogP contribution in [0.5, 0.6) is 0 Å². The van der Waals surface area contributed by atoms with Crippen molar-refractivity contribution >= 4 is 59.3 Å². The van der Waals surface area contributed by atoms with Gasteiger partial charge in [0, 0.05) is 67.9 Å². The summed E-state index contributed by atoms with van der Waals surface area (Å²) in [5, 5.41) is -1.38. The standard InChI is InChI=1S/C16H16O3.2C7H11F3OS.C4H8OS.C3H3F3/c1-18-16(19-2,14-11-7-4-8-12-14)15(17)13-9-5-3-6-10-13;1-5(11)3-4-12-6(2)7(8,9)10;1-6(11)2-4-12-5-3-7(8,9)10;1-4(5)2-3-6;1-2-3(4,5)6/h3-12H,1-2H3;6H,3-4H2,1-2H3;2-5H2,1H3;6H,2-3H2,1H3;2H,1H2. The van der Waals surface area contributed by atoms with Crippen LogP contribution in [0.1, 0.15) is 69.3 Å². The molecule has 0 saturated carbocycles. The van der Waals surface area contributed by atoms with Crippen LogP contribution in [0.15, 0.2) is 73.3 Å². The Bertz CT molecular complexity index is 1350. The summed E-state index contributed by atoms with van der Waals surface area (Å²) < 4.78 is 113. The average Bonchev–Trinajstić information content (AvgIpc) is 3.09. The number of Topliss-reactive ketones (excluding diaryl/α,β-unsaturated/α-hetero) is 4. The van der Waals surface area contributed by atoms with E-state index >= 15 is 0 Å². The van der Waals surface area contributed by atoms with Gasteiger partial charge in [-0.15, -0.1) is 11.8 Å². The fourth-order valence-corrected chi connectivity index (χ4v) is 5.48. The van der Waals surface area contributed by atoms with Gasteiger partial charge < -0.3 is 9.47 Å². The van der Waals surface area contributed by atoms with Gasteiger partial charge in [-0.25, -0.2) is 0 Å². The van der Waals surface area contributed by atoms with Gasteiger partial charge in [-0.1, -0.05) is 67.2 Å². The maximum Gasteiger partial charge on any atom is 0.409 e. The Morgan fingerprint density at radius 3 is 1.47 bits per heavy atom. The van der Waals surface area contributed by atoms with E-state index in [4.69, 9.17) is 9.47 Å². The van der Waals surface area contributed by atoms with Crippen LogP contribution in [0.2, 0.25) is 0 Å². The average molecular weight is 857 g/mol. The topological polar surface area (TPSA) is 86.7 Å². The second-order valence-corrected chi connectivity index (χ2v) is 14.1. The molecule has 0 aliphatic rings. The van der Waals surface area contributed by atoms with E-state index in [0.717, 1.165) is 18.7 Å². The van der Waals surface area contributed by atoms with Crippen molar-refractivity contribution in [2.24, 2.45) is 0 Å².